The summed E-state index contributed by atoms with van der Waals surface area (Å²) in [6.07, 6.45) is 0.877. The van der Waals surface area contributed by atoms with E-state index in [-0.39, 0.29) is 11.3 Å². The van der Waals surface area contributed by atoms with Crippen LogP contribution in [0.2, 0.25) is 0 Å². The lowest BCUT2D eigenvalue weighted by molar-refractivity contribution is 0.512. The second-order valence-electron chi connectivity index (χ2n) is 7.36. The summed E-state index contributed by atoms with van der Waals surface area (Å²) in [5.74, 6) is 0.674. The summed E-state index contributed by atoms with van der Waals surface area (Å²) >= 11 is 1.63. The average molecular weight is 401 g/mol. The molecule has 1 aliphatic heterocycles. The molecule has 2 aromatic heterocycles. The van der Waals surface area contributed by atoms with Gasteiger partial charge in [0.2, 0.25) is 0 Å². The number of fused-ring (bicyclic) bond motifs is 4. The van der Waals surface area contributed by atoms with Crippen LogP contribution in [-0.4, -0.2) is 14.7 Å². The number of hydrogen-bond donors (Lipinski definition) is 1. The van der Waals surface area contributed by atoms with Crippen molar-refractivity contribution >= 4 is 32.9 Å². The van der Waals surface area contributed by atoms with E-state index in [0.717, 1.165) is 32.8 Å². The number of thiophene rings is 1. The second kappa shape index (κ2) is 6.71. The Bertz CT molecular complexity index is 1340. The first-order chi connectivity index (χ1) is 14.1. The molecule has 0 spiro atoms. The van der Waals surface area contributed by atoms with Gasteiger partial charge in [0.05, 0.1) is 17.5 Å². The lowest BCUT2D eigenvalue weighted by atomic mass is 9.92. The highest BCUT2D eigenvalue weighted by Gasteiger charge is 2.27. The first-order valence-electron chi connectivity index (χ1n) is 9.69. The zero-order chi connectivity index (χ0) is 20.1. The van der Waals surface area contributed by atoms with Gasteiger partial charge in [-0.05, 0) is 30.5 Å². The molecular formula is C24H20N2O2S. The van der Waals surface area contributed by atoms with Crippen LogP contribution < -0.4 is 5.56 Å². The highest BCUT2D eigenvalue weighted by atomic mass is 32.1. The minimum Gasteiger partial charge on any atom is -0.507 e. The largest absolute Gasteiger partial charge is 0.507 e. The summed E-state index contributed by atoms with van der Waals surface area (Å²) in [4.78, 5) is 19.3. The highest BCUT2D eigenvalue weighted by Crippen LogP contribution is 2.38. The Morgan fingerprint density at radius 2 is 1.93 bits per heavy atom. The fourth-order valence-corrected chi connectivity index (χ4v) is 4.98. The van der Waals surface area contributed by atoms with Crippen molar-refractivity contribution in [1.82, 2.24) is 9.55 Å². The van der Waals surface area contributed by atoms with Gasteiger partial charge in [-0.25, -0.2) is 0 Å². The van der Waals surface area contributed by atoms with E-state index >= 15 is 0 Å². The van der Waals surface area contributed by atoms with Crippen LogP contribution in [0.15, 0.2) is 59.4 Å². The Morgan fingerprint density at radius 3 is 2.69 bits per heavy atom. The van der Waals surface area contributed by atoms with Gasteiger partial charge < -0.3 is 9.67 Å². The maximum Gasteiger partial charge on any atom is 0.281 e. The quantitative estimate of drug-likeness (QED) is 0.416. The van der Waals surface area contributed by atoms with E-state index in [1.54, 1.807) is 11.3 Å². The Hall–Kier alpha value is -3.18. The summed E-state index contributed by atoms with van der Waals surface area (Å²) in [7, 11) is 0. The van der Waals surface area contributed by atoms with Crippen molar-refractivity contribution in [3.8, 4) is 0 Å². The van der Waals surface area contributed by atoms with Gasteiger partial charge in [0.15, 0.2) is 0 Å². The van der Waals surface area contributed by atoms with Crippen LogP contribution in [0.25, 0.3) is 21.5 Å². The van der Waals surface area contributed by atoms with E-state index < -0.39 is 0 Å². The average Bonchev–Trinajstić information content (AvgIpc) is 3.18. The van der Waals surface area contributed by atoms with Crippen molar-refractivity contribution < 1.29 is 5.11 Å². The van der Waals surface area contributed by atoms with E-state index in [2.05, 4.69) is 22.5 Å². The first kappa shape index (κ1) is 17.9. The van der Waals surface area contributed by atoms with Crippen molar-refractivity contribution in [2.24, 2.45) is 0 Å². The smallest absolute Gasteiger partial charge is 0.281 e. The molecule has 4 nitrogen and oxygen atoms in total. The van der Waals surface area contributed by atoms with E-state index in [9.17, 15) is 9.90 Å². The van der Waals surface area contributed by atoms with Gasteiger partial charge in [0.1, 0.15) is 16.4 Å². The monoisotopic (exact) mass is 400 g/mol. The Morgan fingerprint density at radius 1 is 1.17 bits per heavy atom. The normalized spacial score (nSPS) is 14.6. The third kappa shape index (κ3) is 2.81. The molecule has 0 saturated heterocycles. The molecule has 2 aromatic carbocycles. The zero-order valence-corrected chi connectivity index (χ0v) is 17.1. The standard InChI is InChI=1S/C24H20N2O2S/c1-3-17-12-19-23(28)25-22-20(21(27)15-10-8-14(2)9-11-15)18-7-5-4-6-16(18)13-26(22)24(19)29-17/h4-12,27H,3,13H2,1-2H3. The molecular weight excluding hydrogens is 380 g/mol. The van der Waals surface area contributed by atoms with Crippen LogP contribution in [0.1, 0.15) is 39.9 Å². The Balaban J connectivity index is 1.87. The molecule has 0 saturated carbocycles. The molecule has 29 heavy (non-hydrogen) atoms. The van der Waals surface area contributed by atoms with Crippen molar-refractivity contribution in [2.45, 2.75) is 26.8 Å². The molecule has 1 N–H and O–H groups in total. The van der Waals surface area contributed by atoms with Crippen LogP contribution in [0.5, 0.6) is 0 Å². The van der Waals surface area contributed by atoms with Crippen molar-refractivity contribution in [3.63, 3.8) is 0 Å². The van der Waals surface area contributed by atoms with Crippen molar-refractivity contribution in [1.29, 1.82) is 0 Å². The summed E-state index contributed by atoms with van der Waals surface area (Å²) in [5.41, 5.74) is 4.23. The molecule has 5 heteroatoms. The van der Waals surface area contributed by atoms with Crippen LogP contribution >= 0.6 is 11.3 Å². The number of rotatable bonds is 2. The fourth-order valence-electron chi connectivity index (χ4n) is 3.89. The third-order valence-corrected chi connectivity index (χ3v) is 6.75. The summed E-state index contributed by atoms with van der Waals surface area (Å²) < 4.78 is 2.07. The number of aryl methyl sites for hydroxylation is 2. The molecule has 4 aromatic rings. The molecule has 1 aliphatic rings. The molecule has 0 atom stereocenters. The molecule has 0 fully saturated rings. The van der Waals surface area contributed by atoms with Gasteiger partial charge in [-0.3, -0.25) is 4.79 Å². The summed E-state index contributed by atoms with van der Waals surface area (Å²) in [6, 6.07) is 17.7. The fraction of sp³-hybridized carbons (Fsp3) is 0.167. The maximum atomic E-state index is 12.8. The van der Waals surface area contributed by atoms with E-state index in [1.807, 2.05) is 55.5 Å². The number of benzene rings is 2. The molecule has 0 aliphatic carbocycles. The van der Waals surface area contributed by atoms with Gasteiger partial charge in [-0.15, -0.1) is 11.3 Å². The highest BCUT2D eigenvalue weighted by molar-refractivity contribution is 7.18. The van der Waals surface area contributed by atoms with Crippen LogP contribution in [0.3, 0.4) is 0 Å². The summed E-state index contributed by atoms with van der Waals surface area (Å²) in [5, 5.41) is 11.9. The molecule has 0 amide bonds. The molecule has 0 radical (unpaired) electrons. The number of aliphatic hydroxyl groups excluding tert-OH is 1. The molecule has 0 bridgehead atoms. The van der Waals surface area contributed by atoms with E-state index in [1.165, 1.54) is 0 Å². The topological polar surface area (TPSA) is 55.1 Å². The first-order valence-corrected chi connectivity index (χ1v) is 10.5. The van der Waals surface area contributed by atoms with Crippen LogP contribution in [-0.2, 0) is 13.0 Å². The molecule has 5 rings (SSSR count). The van der Waals surface area contributed by atoms with Gasteiger partial charge in [0.25, 0.3) is 5.56 Å². The van der Waals surface area contributed by atoms with Crippen LogP contribution in [0, 0.1) is 6.92 Å². The molecule has 144 valence electrons. The number of nitrogens with zero attached hydrogens (tertiary/aromatic N) is 2. The predicted molar refractivity (Wildman–Crippen MR) is 119 cm³/mol. The van der Waals surface area contributed by atoms with Crippen molar-refractivity contribution in [3.05, 3.63) is 97.9 Å². The lowest BCUT2D eigenvalue weighted by Gasteiger charge is -2.25. The molecule has 3 heterocycles. The Kier molecular flexibility index (Phi) is 4.14. The predicted octanol–water partition coefficient (Wildman–Crippen LogP) is 5.17. The Labute approximate surface area is 172 Å². The SMILES string of the molecule is CCc1cc2c(=O)nc3n(c2s1)Cc1ccccc1C3=C(O)c1ccc(C)cc1. The summed E-state index contributed by atoms with van der Waals surface area (Å²) in [6.45, 7) is 4.73. The van der Waals surface area contributed by atoms with Gasteiger partial charge in [0, 0.05) is 10.4 Å². The van der Waals surface area contributed by atoms with Crippen LogP contribution in [0.4, 0.5) is 0 Å². The second-order valence-corrected chi connectivity index (χ2v) is 8.47. The van der Waals surface area contributed by atoms with E-state index in [4.69, 9.17) is 0 Å². The minimum atomic E-state index is -0.240. The zero-order valence-electron chi connectivity index (χ0n) is 16.3. The van der Waals surface area contributed by atoms with Gasteiger partial charge >= 0.3 is 0 Å². The van der Waals surface area contributed by atoms with Crippen molar-refractivity contribution in [2.75, 3.05) is 0 Å². The number of hydrogen-bond acceptors (Lipinski definition) is 4. The molecule has 0 unspecified atom stereocenters. The third-order valence-electron chi connectivity index (χ3n) is 5.45. The minimum absolute atomic E-state index is 0.143. The van der Waals surface area contributed by atoms with Gasteiger partial charge in [-0.1, -0.05) is 61.0 Å². The maximum absolute atomic E-state index is 12.8. The number of aliphatic hydroxyl groups is 1. The lowest BCUT2D eigenvalue weighted by Crippen LogP contribution is -2.23. The number of aromatic nitrogens is 2. The van der Waals surface area contributed by atoms with Gasteiger partial charge in [-0.2, -0.15) is 4.98 Å². The van der Waals surface area contributed by atoms with E-state index in [0.29, 0.717) is 28.9 Å².